The van der Waals surface area contributed by atoms with Crippen molar-refractivity contribution in [2.24, 2.45) is 5.92 Å². The highest BCUT2D eigenvalue weighted by Gasteiger charge is 2.23. The van der Waals surface area contributed by atoms with Gasteiger partial charge in [-0.15, -0.1) is 0 Å². The van der Waals surface area contributed by atoms with Crippen LogP contribution in [-0.4, -0.2) is 11.0 Å². The summed E-state index contributed by atoms with van der Waals surface area (Å²) in [4.78, 5) is 4.39. The van der Waals surface area contributed by atoms with E-state index >= 15 is 0 Å². The Balaban J connectivity index is 2.02. The van der Waals surface area contributed by atoms with Gasteiger partial charge in [-0.25, -0.2) is 4.98 Å². The summed E-state index contributed by atoms with van der Waals surface area (Å²) in [5.74, 6) is 1.73. The molecule has 1 heterocycles. The van der Waals surface area contributed by atoms with E-state index in [1.54, 1.807) is 6.07 Å². The quantitative estimate of drug-likeness (QED) is 0.840. The maximum absolute atomic E-state index is 8.87. The van der Waals surface area contributed by atoms with Gasteiger partial charge in [0, 0.05) is 11.7 Å². The second-order valence-corrected chi connectivity index (χ2v) is 4.72. The van der Waals surface area contributed by atoms with Gasteiger partial charge in [0.05, 0.1) is 11.6 Å². The number of hydrogen-bond donors (Lipinski definition) is 1. The summed E-state index contributed by atoms with van der Waals surface area (Å²) in [6.07, 6.45) is 3.95. The van der Waals surface area contributed by atoms with Crippen LogP contribution in [0.1, 0.15) is 37.4 Å². The van der Waals surface area contributed by atoms with Crippen LogP contribution in [0, 0.1) is 24.2 Å². The van der Waals surface area contributed by atoms with E-state index < -0.39 is 0 Å². The average Bonchev–Trinajstić information content (AvgIpc) is 3.00. The summed E-state index contributed by atoms with van der Waals surface area (Å²) in [5, 5.41) is 12.2. The number of nitriles is 1. The first-order valence-corrected chi connectivity index (χ1v) is 5.82. The molecule has 1 atom stereocenters. The van der Waals surface area contributed by atoms with Crippen LogP contribution >= 0.6 is 0 Å². The number of pyridine rings is 1. The van der Waals surface area contributed by atoms with E-state index in [4.69, 9.17) is 5.26 Å². The lowest BCUT2D eigenvalue weighted by atomic mass is 10.1. The SMILES string of the molecule is Cc1cc(C#N)cc(NC(C)CC2CC2)n1. The van der Waals surface area contributed by atoms with Gasteiger partial charge in [0.15, 0.2) is 0 Å². The Hall–Kier alpha value is -1.56. The molecule has 1 fully saturated rings. The molecule has 1 unspecified atom stereocenters. The Morgan fingerprint density at radius 3 is 2.94 bits per heavy atom. The van der Waals surface area contributed by atoms with Crippen LogP contribution in [-0.2, 0) is 0 Å². The maximum Gasteiger partial charge on any atom is 0.127 e. The lowest BCUT2D eigenvalue weighted by Crippen LogP contribution is -2.16. The average molecular weight is 215 g/mol. The summed E-state index contributed by atoms with van der Waals surface area (Å²) in [5.41, 5.74) is 1.56. The minimum atomic E-state index is 0.438. The Kier molecular flexibility index (Phi) is 3.09. The highest BCUT2D eigenvalue weighted by Crippen LogP contribution is 2.33. The number of aromatic nitrogens is 1. The van der Waals surface area contributed by atoms with Gasteiger partial charge >= 0.3 is 0 Å². The van der Waals surface area contributed by atoms with Crippen molar-refractivity contribution in [3.63, 3.8) is 0 Å². The normalized spacial score (nSPS) is 16.6. The summed E-state index contributed by atoms with van der Waals surface area (Å²) in [7, 11) is 0. The van der Waals surface area contributed by atoms with Crippen molar-refractivity contribution < 1.29 is 0 Å². The first kappa shape index (κ1) is 10.9. The molecule has 3 heteroatoms. The van der Waals surface area contributed by atoms with Crippen molar-refractivity contribution in [1.29, 1.82) is 5.26 Å². The zero-order chi connectivity index (χ0) is 11.5. The van der Waals surface area contributed by atoms with Crippen LogP contribution < -0.4 is 5.32 Å². The van der Waals surface area contributed by atoms with Crippen LogP contribution in [0.25, 0.3) is 0 Å². The third kappa shape index (κ3) is 2.96. The molecule has 0 amide bonds. The van der Waals surface area contributed by atoms with E-state index in [-0.39, 0.29) is 0 Å². The zero-order valence-electron chi connectivity index (χ0n) is 9.83. The minimum Gasteiger partial charge on any atom is -0.368 e. The van der Waals surface area contributed by atoms with Crippen LogP contribution in [0.2, 0.25) is 0 Å². The van der Waals surface area contributed by atoms with Gasteiger partial charge in [-0.1, -0.05) is 12.8 Å². The third-order valence-electron chi connectivity index (χ3n) is 2.86. The first-order chi connectivity index (χ1) is 7.67. The number of rotatable bonds is 4. The largest absolute Gasteiger partial charge is 0.368 e. The molecule has 16 heavy (non-hydrogen) atoms. The zero-order valence-corrected chi connectivity index (χ0v) is 9.83. The lowest BCUT2D eigenvalue weighted by Gasteiger charge is -2.14. The number of aryl methyl sites for hydroxylation is 1. The van der Waals surface area contributed by atoms with E-state index in [0.717, 1.165) is 17.4 Å². The van der Waals surface area contributed by atoms with Crippen molar-refractivity contribution in [2.75, 3.05) is 5.32 Å². The first-order valence-electron chi connectivity index (χ1n) is 5.82. The second kappa shape index (κ2) is 4.52. The Bertz CT molecular complexity index is 416. The number of anilines is 1. The molecule has 0 radical (unpaired) electrons. The maximum atomic E-state index is 8.87. The number of hydrogen-bond acceptors (Lipinski definition) is 3. The summed E-state index contributed by atoms with van der Waals surface area (Å²) < 4.78 is 0. The smallest absolute Gasteiger partial charge is 0.127 e. The van der Waals surface area contributed by atoms with Gasteiger partial charge in [-0.05, 0) is 38.3 Å². The van der Waals surface area contributed by atoms with Gasteiger partial charge in [-0.2, -0.15) is 5.26 Å². The molecule has 1 saturated carbocycles. The standard InChI is InChI=1S/C13H17N3/c1-9(5-11-3-4-11)15-13-7-12(8-14)6-10(2)16-13/h6-7,9,11H,3-5H2,1-2H3,(H,15,16). The molecule has 1 aliphatic rings. The molecule has 84 valence electrons. The van der Waals surface area contributed by atoms with Gasteiger partial charge in [0.2, 0.25) is 0 Å². The Morgan fingerprint density at radius 2 is 2.31 bits per heavy atom. The Morgan fingerprint density at radius 1 is 1.56 bits per heavy atom. The van der Waals surface area contributed by atoms with Crippen LogP contribution in [0.15, 0.2) is 12.1 Å². The molecular weight excluding hydrogens is 198 g/mol. The van der Waals surface area contributed by atoms with Gasteiger partial charge in [0.25, 0.3) is 0 Å². The number of nitrogens with zero attached hydrogens (tertiary/aromatic N) is 2. The highest BCUT2D eigenvalue weighted by molar-refractivity contribution is 5.44. The molecule has 0 bridgehead atoms. The van der Waals surface area contributed by atoms with Gasteiger partial charge in [0.1, 0.15) is 5.82 Å². The summed E-state index contributed by atoms with van der Waals surface area (Å²) in [6.45, 7) is 4.09. The summed E-state index contributed by atoms with van der Waals surface area (Å²) in [6, 6.07) is 6.21. The van der Waals surface area contributed by atoms with Crippen molar-refractivity contribution in [3.05, 3.63) is 23.4 Å². The summed E-state index contributed by atoms with van der Waals surface area (Å²) >= 11 is 0. The van der Waals surface area contributed by atoms with Crippen molar-refractivity contribution >= 4 is 5.82 Å². The van der Waals surface area contributed by atoms with Crippen LogP contribution in [0.3, 0.4) is 0 Å². The van der Waals surface area contributed by atoms with E-state index in [1.807, 2.05) is 13.0 Å². The molecule has 1 aliphatic carbocycles. The fourth-order valence-corrected chi connectivity index (χ4v) is 1.97. The minimum absolute atomic E-state index is 0.438. The lowest BCUT2D eigenvalue weighted by molar-refractivity contribution is 0.640. The predicted molar refractivity (Wildman–Crippen MR) is 64.1 cm³/mol. The van der Waals surface area contributed by atoms with Crippen molar-refractivity contribution in [3.8, 4) is 6.07 Å². The fourth-order valence-electron chi connectivity index (χ4n) is 1.97. The van der Waals surface area contributed by atoms with E-state index in [0.29, 0.717) is 11.6 Å². The van der Waals surface area contributed by atoms with Crippen LogP contribution in [0.5, 0.6) is 0 Å². The Labute approximate surface area is 96.5 Å². The van der Waals surface area contributed by atoms with E-state index in [9.17, 15) is 0 Å². The molecule has 0 aliphatic heterocycles. The highest BCUT2D eigenvalue weighted by atomic mass is 15.0. The topological polar surface area (TPSA) is 48.7 Å². The molecule has 1 aromatic rings. The van der Waals surface area contributed by atoms with Crippen LogP contribution in [0.4, 0.5) is 5.82 Å². The predicted octanol–water partition coefficient (Wildman–Crippen LogP) is 2.86. The molecule has 0 saturated heterocycles. The fraction of sp³-hybridized carbons (Fsp3) is 0.538. The second-order valence-electron chi connectivity index (χ2n) is 4.72. The molecule has 3 nitrogen and oxygen atoms in total. The molecule has 2 rings (SSSR count). The molecule has 0 spiro atoms. The van der Waals surface area contributed by atoms with Crippen molar-refractivity contribution in [2.45, 2.75) is 39.2 Å². The molecular formula is C13H17N3. The number of nitrogens with one attached hydrogen (secondary N) is 1. The van der Waals surface area contributed by atoms with E-state index in [2.05, 4.69) is 23.3 Å². The molecule has 1 N–H and O–H groups in total. The third-order valence-corrected chi connectivity index (χ3v) is 2.86. The molecule has 1 aromatic heterocycles. The van der Waals surface area contributed by atoms with Crippen molar-refractivity contribution in [1.82, 2.24) is 4.98 Å². The van der Waals surface area contributed by atoms with Gasteiger partial charge < -0.3 is 5.32 Å². The monoisotopic (exact) mass is 215 g/mol. The van der Waals surface area contributed by atoms with Gasteiger partial charge in [-0.3, -0.25) is 0 Å². The van der Waals surface area contributed by atoms with E-state index in [1.165, 1.54) is 19.3 Å². The molecule has 0 aromatic carbocycles.